The van der Waals surface area contributed by atoms with Crippen LogP contribution in [0.25, 0.3) is 115 Å². The zero-order valence-electron chi connectivity index (χ0n) is 31.8. The fourth-order valence-electron chi connectivity index (χ4n) is 9.60. The minimum Gasteiger partial charge on any atom is -0.294 e. The van der Waals surface area contributed by atoms with E-state index < -0.39 is 0 Å². The molecular weight excluding hydrogens is 717 g/mol. The molecule has 12 aromatic rings. The van der Waals surface area contributed by atoms with E-state index in [0.717, 1.165) is 49.7 Å². The predicted molar refractivity (Wildman–Crippen MR) is 245 cm³/mol. The van der Waals surface area contributed by atoms with E-state index in [-0.39, 0.29) is 0 Å². The van der Waals surface area contributed by atoms with E-state index in [0.29, 0.717) is 5.56 Å². The van der Waals surface area contributed by atoms with Gasteiger partial charge in [-0.05, 0) is 126 Å². The highest BCUT2D eigenvalue weighted by molar-refractivity contribution is 6.30. The Morgan fingerprint density at radius 3 is 1.47 bits per heavy atom. The van der Waals surface area contributed by atoms with Gasteiger partial charge in [0.15, 0.2) is 0 Å². The van der Waals surface area contributed by atoms with Gasteiger partial charge in [-0.1, -0.05) is 127 Å². The van der Waals surface area contributed by atoms with E-state index >= 15 is 0 Å². The van der Waals surface area contributed by atoms with Gasteiger partial charge in [0.2, 0.25) is 0 Å². The third-order valence-electron chi connectivity index (χ3n) is 12.1. The first-order chi connectivity index (χ1) is 29.2. The van der Waals surface area contributed by atoms with Gasteiger partial charge in [-0.3, -0.25) is 9.55 Å². The maximum absolute atomic E-state index is 10.0. The largest absolute Gasteiger partial charge is 0.294 e. The Morgan fingerprint density at radius 1 is 0.407 bits per heavy atom. The van der Waals surface area contributed by atoms with Crippen molar-refractivity contribution < 1.29 is 0 Å². The average Bonchev–Trinajstić information content (AvgIpc) is 3.63. The zero-order chi connectivity index (χ0) is 39.0. The second-order valence-corrected chi connectivity index (χ2v) is 15.2. The zero-order valence-corrected chi connectivity index (χ0v) is 31.8. The van der Waals surface area contributed by atoms with Crippen molar-refractivity contribution in [2.75, 3.05) is 0 Å². The van der Waals surface area contributed by atoms with Crippen LogP contribution < -0.4 is 0 Å². The van der Waals surface area contributed by atoms with Crippen molar-refractivity contribution in [3.63, 3.8) is 0 Å². The topological polar surface area (TPSA) is 54.5 Å². The number of rotatable bonds is 4. The molecule has 0 aliphatic carbocycles. The first kappa shape index (κ1) is 33.1. The highest BCUT2D eigenvalue weighted by Crippen LogP contribution is 2.50. The SMILES string of the molecule is N#Cc1ccc2c(c1)c1cc(-c3c4ccccc4c(-c4c5ccccc5c(-c5cccnc5)c5ccccc45)c4ccccc34)ccc1n2-c1ccc2ccccc2n1. The molecule has 4 heteroatoms. The minimum absolute atomic E-state index is 0.627. The maximum atomic E-state index is 10.0. The van der Waals surface area contributed by atoms with E-state index in [9.17, 15) is 5.26 Å². The fourth-order valence-corrected chi connectivity index (χ4v) is 9.60. The normalized spacial score (nSPS) is 11.7. The van der Waals surface area contributed by atoms with Crippen LogP contribution in [0.5, 0.6) is 0 Å². The molecule has 0 bridgehead atoms. The molecular formula is C55H32N4. The molecule has 0 fully saturated rings. The van der Waals surface area contributed by atoms with Gasteiger partial charge >= 0.3 is 0 Å². The van der Waals surface area contributed by atoms with E-state index in [1.54, 1.807) is 0 Å². The number of benzene rings is 9. The molecule has 0 atom stereocenters. The van der Waals surface area contributed by atoms with Crippen LogP contribution in [0.2, 0.25) is 0 Å². The minimum atomic E-state index is 0.627. The molecule has 3 heterocycles. The third kappa shape index (κ3) is 4.95. The van der Waals surface area contributed by atoms with Crippen molar-refractivity contribution in [1.29, 1.82) is 5.26 Å². The summed E-state index contributed by atoms with van der Waals surface area (Å²) in [5, 5.41) is 22.8. The van der Waals surface area contributed by atoms with Crippen molar-refractivity contribution in [2.24, 2.45) is 0 Å². The summed E-state index contributed by atoms with van der Waals surface area (Å²) in [6, 6.07) is 67.2. The standard InChI is InChI=1S/C55H32N4/c56-32-34-23-26-49-46(30-34)47-31-36(24-27-50(47)59(49)51-28-25-35-12-1-10-22-48(35)58-51)52-38-14-2-6-18-42(38)54(43-19-7-3-15-39(43)52)55-44-20-8-4-16-40(44)53(37-13-11-29-57-33-37)41-17-5-9-21-45(41)55/h1-31,33H. The van der Waals surface area contributed by atoms with Gasteiger partial charge in [-0.15, -0.1) is 0 Å². The molecule has 0 saturated heterocycles. The summed E-state index contributed by atoms with van der Waals surface area (Å²) in [6.07, 6.45) is 3.81. The first-order valence-corrected chi connectivity index (χ1v) is 19.9. The van der Waals surface area contributed by atoms with Gasteiger partial charge in [0.05, 0.1) is 28.2 Å². The molecule has 272 valence electrons. The number of pyridine rings is 2. The number of aromatic nitrogens is 3. The van der Waals surface area contributed by atoms with Crippen molar-refractivity contribution in [1.82, 2.24) is 14.5 Å². The lowest BCUT2D eigenvalue weighted by Crippen LogP contribution is -1.97. The van der Waals surface area contributed by atoms with Crippen molar-refractivity contribution in [3.8, 4) is 45.3 Å². The summed E-state index contributed by atoms with van der Waals surface area (Å²) in [4.78, 5) is 9.65. The quantitative estimate of drug-likeness (QED) is 0.168. The second-order valence-electron chi connectivity index (χ2n) is 15.2. The Hall–Kier alpha value is -8.13. The summed E-state index contributed by atoms with van der Waals surface area (Å²) in [5.74, 6) is 0.843. The molecule has 3 aromatic heterocycles. The van der Waals surface area contributed by atoms with Gasteiger partial charge in [0.25, 0.3) is 0 Å². The Morgan fingerprint density at radius 2 is 0.915 bits per heavy atom. The molecule has 0 unspecified atom stereocenters. The molecule has 0 N–H and O–H groups in total. The van der Waals surface area contributed by atoms with Crippen LogP contribution in [0.1, 0.15) is 5.56 Å². The lowest BCUT2D eigenvalue weighted by molar-refractivity contribution is 1.10. The molecule has 12 rings (SSSR count). The maximum Gasteiger partial charge on any atom is 0.138 e. The Labute approximate surface area is 339 Å². The number of nitrogens with zero attached hydrogens (tertiary/aromatic N) is 4. The summed E-state index contributed by atoms with van der Waals surface area (Å²) in [6.45, 7) is 0. The van der Waals surface area contributed by atoms with E-state index in [2.05, 4.69) is 167 Å². The van der Waals surface area contributed by atoms with Gasteiger partial charge in [-0.25, -0.2) is 4.98 Å². The highest BCUT2D eigenvalue weighted by Gasteiger charge is 2.23. The Bertz CT molecular complexity index is 3630. The van der Waals surface area contributed by atoms with Gasteiger partial charge < -0.3 is 0 Å². The fraction of sp³-hybridized carbons (Fsp3) is 0. The number of hydrogen-bond donors (Lipinski definition) is 0. The molecule has 0 saturated carbocycles. The average molecular weight is 749 g/mol. The predicted octanol–water partition coefficient (Wildman–Crippen LogP) is 14.2. The monoisotopic (exact) mass is 748 g/mol. The van der Waals surface area contributed by atoms with Gasteiger partial charge in [0.1, 0.15) is 5.82 Å². The van der Waals surface area contributed by atoms with Crippen LogP contribution in [0.4, 0.5) is 0 Å². The van der Waals surface area contributed by atoms with Crippen LogP contribution in [-0.2, 0) is 0 Å². The highest BCUT2D eigenvalue weighted by atomic mass is 15.1. The molecule has 4 nitrogen and oxygen atoms in total. The number of fused-ring (bicyclic) bond motifs is 8. The smallest absolute Gasteiger partial charge is 0.138 e. The summed E-state index contributed by atoms with van der Waals surface area (Å²) >= 11 is 0. The summed E-state index contributed by atoms with van der Waals surface area (Å²) in [7, 11) is 0. The van der Waals surface area contributed by atoms with E-state index in [1.165, 1.54) is 65.3 Å². The molecule has 0 amide bonds. The third-order valence-corrected chi connectivity index (χ3v) is 12.1. The Kier molecular flexibility index (Phi) is 7.26. The number of hydrogen-bond acceptors (Lipinski definition) is 3. The van der Waals surface area contributed by atoms with Gasteiger partial charge in [-0.2, -0.15) is 5.26 Å². The molecule has 59 heavy (non-hydrogen) atoms. The number of nitriles is 1. The van der Waals surface area contributed by atoms with Crippen molar-refractivity contribution >= 4 is 75.8 Å². The van der Waals surface area contributed by atoms with Crippen LogP contribution in [-0.4, -0.2) is 14.5 Å². The first-order valence-electron chi connectivity index (χ1n) is 19.9. The molecule has 0 aliphatic rings. The van der Waals surface area contributed by atoms with Crippen LogP contribution in [0.15, 0.2) is 194 Å². The van der Waals surface area contributed by atoms with E-state index in [4.69, 9.17) is 4.98 Å². The lowest BCUT2D eigenvalue weighted by Gasteiger charge is -2.22. The molecule has 0 aliphatic heterocycles. The summed E-state index contributed by atoms with van der Waals surface area (Å²) < 4.78 is 2.23. The van der Waals surface area contributed by atoms with Crippen LogP contribution >= 0.6 is 0 Å². The lowest BCUT2D eigenvalue weighted by atomic mass is 9.81. The molecule has 0 spiro atoms. The van der Waals surface area contributed by atoms with Crippen molar-refractivity contribution in [3.05, 3.63) is 200 Å². The summed E-state index contributed by atoms with van der Waals surface area (Å²) in [5.41, 5.74) is 10.7. The van der Waals surface area contributed by atoms with Crippen LogP contribution in [0, 0.1) is 11.3 Å². The number of para-hydroxylation sites is 1. The van der Waals surface area contributed by atoms with Gasteiger partial charge in [0, 0.05) is 34.1 Å². The van der Waals surface area contributed by atoms with Crippen molar-refractivity contribution in [2.45, 2.75) is 0 Å². The molecule has 9 aromatic carbocycles. The molecule has 0 radical (unpaired) electrons. The Balaban J connectivity index is 1.17. The van der Waals surface area contributed by atoms with E-state index in [1.807, 2.05) is 42.7 Å². The van der Waals surface area contributed by atoms with Crippen LogP contribution in [0.3, 0.4) is 0 Å². The second kappa shape index (κ2) is 13.0.